The Morgan fingerprint density at radius 1 is 0.951 bits per heavy atom. The van der Waals surface area contributed by atoms with Crippen LogP contribution in [0.25, 0.3) is 0 Å². The highest BCUT2D eigenvalue weighted by atomic mass is 35.5. The van der Waals surface area contributed by atoms with Crippen molar-refractivity contribution in [3.63, 3.8) is 0 Å². The standard InChI is InChI=1S/C32H46ClN3O5/c1-19(2)16-17-23(6)36(30(39)25(18-37)34-31(40)41-32(7,8)9)28(26-20(3)12-10-13-21(26)4)29(38)35-27-22(5)14-11-15-24(27)33/h10-15,19,23,25,28,37H,16-18H2,1-9H3,(H,34,40)(H,35,38). The fourth-order valence-corrected chi connectivity index (χ4v) is 5.03. The quantitative estimate of drug-likeness (QED) is 0.279. The summed E-state index contributed by atoms with van der Waals surface area (Å²) in [6.45, 7) is 16.2. The van der Waals surface area contributed by atoms with Crippen molar-refractivity contribution < 1.29 is 24.2 Å². The molecule has 2 aromatic rings. The van der Waals surface area contributed by atoms with Gasteiger partial charge in [-0.3, -0.25) is 9.59 Å². The number of nitrogens with one attached hydrogen (secondary N) is 2. The lowest BCUT2D eigenvalue weighted by Gasteiger charge is -2.39. The Hall–Kier alpha value is -3.10. The van der Waals surface area contributed by atoms with Crippen LogP contribution in [-0.4, -0.2) is 52.2 Å². The first-order valence-electron chi connectivity index (χ1n) is 14.1. The van der Waals surface area contributed by atoms with Crippen molar-refractivity contribution in [3.8, 4) is 0 Å². The molecule has 8 nitrogen and oxygen atoms in total. The van der Waals surface area contributed by atoms with E-state index in [1.807, 2.05) is 52.0 Å². The van der Waals surface area contributed by atoms with Gasteiger partial charge in [0.15, 0.2) is 0 Å². The lowest BCUT2D eigenvalue weighted by molar-refractivity contribution is -0.144. The van der Waals surface area contributed by atoms with E-state index in [2.05, 4.69) is 24.5 Å². The number of aliphatic hydroxyl groups excluding tert-OH is 1. The van der Waals surface area contributed by atoms with Crippen LogP contribution in [-0.2, 0) is 14.3 Å². The molecule has 0 heterocycles. The fourth-order valence-electron chi connectivity index (χ4n) is 4.76. The summed E-state index contributed by atoms with van der Waals surface area (Å²) in [4.78, 5) is 42.7. The zero-order chi connectivity index (χ0) is 31.1. The Morgan fingerprint density at radius 3 is 2.02 bits per heavy atom. The van der Waals surface area contributed by atoms with Crippen LogP contribution in [0.2, 0.25) is 5.02 Å². The molecule has 0 spiro atoms. The molecule has 3 atom stereocenters. The van der Waals surface area contributed by atoms with Crippen LogP contribution in [0.15, 0.2) is 36.4 Å². The Labute approximate surface area is 249 Å². The summed E-state index contributed by atoms with van der Waals surface area (Å²) in [5, 5.41) is 16.1. The number of ether oxygens (including phenoxy) is 1. The summed E-state index contributed by atoms with van der Waals surface area (Å²) in [6, 6.07) is 8.21. The van der Waals surface area contributed by atoms with Crippen molar-refractivity contribution >= 4 is 35.2 Å². The van der Waals surface area contributed by atoms with E-state index in [0.717, 1.165) is 23.1 Å². The third-order valence-electron chi connectivity index (χ3n) is 6.88. The van der Waals surface area contributed by atoms with Gasteiger partial charge in [0.05, 0.1) is 17.3 Å². The number of para-hydroxylation sites is 1. The minimum atomic E-state index is -1.33. The smallest absolute Gasteiger partial charge is 0.408 e. The second-order valence-corrected chi connectivity index (χ2v) is 12.5. The monoisotopic (exact) mass is 587 g/mol. The molecule has 0 aliphatic rings. The molecule has 0 fully saturated rings. The fraction of sp³-hybridized carbons (Fsp3) is 0.531. The first-order valence-corrected chi connectivity index (χ1v) is 14.5. The number of rotatable bonds is 11. The highest BCUT2D eigenvalue weighted by Gasteiger charge is 2.40. The number of alkyl carbamates (subject to hydrolysis) is 1. The molecule has 2 rings (SSSR count). The second kappa shape index (κ2) is 14.7. The summed E-state index contributed by atoms with van der Waals surface area (Å²) in [5.74, 6) is -0.674. The Kier molecular flexibility index (Phi) is 12.2. The molecule has 0 radical (unpaired) electrons. The summed E-state index contributed by atoms with van der Waals surface area (Å²) in [6.07, 6.45) is 0.576. The number of hydrogen-bond donors (Lipinski definition) is 3. The molecule has 0 aromatic heterocycles. The Morgan fingerprint density at radius 2 is 1.51 bits per heavy atom. The van der Waals surface area contributed by atoms with Gasteiger partial charge >= 0.3 is 6.09 Å². The lowest BCUT2D eigenvalue weighted by atomic mass is 9.91. The third-order valence-corrected chi connectivity index (χ3v) is 7.19. The average molecular weight is 588 g/mol. The van der Waals surface area contributed by atoms with Crippen LogP contribution in [0.3, 0.4) is 0 Å². The first-order chi connectivity index (χ1) is 19.1. The maximum absolute atomic E-state index is 14.3. The van der Waals surface area contributed by atoms with Crippen molar-refractivity contribution in [3.05, 3.63) is 63.7 Å². The van der Waals surface area contributed by atoms with Crippen molar-refractivity contribution in [2.24, 2.45) is 5.92 Å². The van der Waals surface area contributed by atoms with Crippen LogP contribution >= 0.6 is 11.6 Å². The van der Waals surface area contributed by atoms with Gasteiger partial charge in [-0.25, -0.2) is 4.79 Å². The molecule has 0 aliphatic carbocycles. The van der Waals surface area contributed by atoms with Crippen molar-refractivity contribution in [2.45, 2.75) is 98.9 Å². The molecule has 0 saturated carbocycles. The van der Waals surface area contributed by atoms with E-state index < -0.39 is 48.2 Å². The number of nitrogens with zero attached hydrogens (tertiary/aromatic N) is 1. The Bertz CT molecular complexity index is 1180. The summed E-state index contributed by atoms with van der Waals surface area (Å²) < 4.78 is 5.35. The molecule has 0 bridgehead atoms. The van der Waals surface area contributed by atoms with E-state index in [-0.39, 0.29) is 0 Å². The van der Waals surface area contributed by atoms with Crippen LogP contribution < -0.4 is 10.6 Å². The summed E-state index contributed by atoms with van der Waals surface area (Å²) >= 11 is 6.47. The molecule has 41 heavy (non-hydrogen) atoms. The van der Waals surface area contributed by atoms with Gasteiger partial charge in [0.1, 0.15) is 17.7 Å². The van der Waals surface area contributed by atoms with Gasteiger partial charge in [0.2, 0.25) is 5.91 Å². The number of amides is 3. The number of carbonyl (C=O) groups is 3. The maximum Gasteiger partial charge on any atom is 0.408 e. The van der Waals surface area contributed by atoms with Gasteiger partial charge in [-0.1, -0.05) is 55.8 Å². The molecule has 0 saturated heterocycles. The average Bonchev–Trinajstić information content (AvgIpc) is 2.86. The molecule has 0 aliphatic heterocycles. The zero-order valence-corrected chi connectivity index (χ0v) is 26.6. The summed E-state index contributed by atoms with van der Waals surface area (Å²) in [5.41, 5.74) is 2.77. The van der Waals surface area contributed by atoms with Gasteiger partial charge in [-0.05, 0) is 95.5 Å². The third kappa shape index (κ3) is 9.47. The number of aliphatic hydroxyl groups is 1. The second-order valence-electron chi connectivity index (χ2n) is 12.1. The van der Waals surface area contributed by atoms with Crippen molar-refractivity contribution in [1.82, 2.24) is 10.2 Å². The number of anilines is 1. The van der Waals surface area contributed by atoms with Gasteiger partial charge in [0, 0.05) is 6.04 Å². The minimum absolute atomic E-state index is 0.362. The Balaban J connectivity index is 2.69. The van der Waals surface area contributed by atoms with Crippen LogP contribution in [0.1, 0.15) is 82.7 Å². The number of halogens is 1. The van der Waals surface area contributed by atoms with E-state index in [1.165, 1.54) is 4.90 Å². The minimum Gasteiger partial charge on any atom is -0.444 e. The first kappa shape index (κ1) is 34.1. The number of carbonyl (C=O) groups excluding carboxylic acids is 3. The van der Waals surface area contributed by atoms with Gasteiger partial charge in [-0.15, -0.1) is 0 Å². The van der Waals surface area contributed by atoms with E-state index >= 15 is 0 Å². The molecule has 2 aromatic carbocycles. The van der Waals surface area contributed by atoms with Crippen LogP contribution in [0.4, 0.5) is 10.5 Å². The number of hydrogen-bond acceptors (Lipinski definition) is 5. The van der Waals surface area contributed by atoms with E-state index in [1.54, 1.807) is 32.9 Å². The van der Waals surface area contributed by atoms with E-state index in [9.17, 15) is 19.5 Å². The normalized spacial score (nSPS) is 13.8. The van der Waals surface area contributed by atoms with Crippen LogP contribution in [0.5, 0.6) is 0 Å². The largest absolute Gasteiger partial charge is 0.444 e. The zero-order valence-electron chi connectivity index (χ0n) is 25.8. The molecular weight excluding hydrogens is 542 g/mol. The molecule has 3 amide bonds. The van der Waals surface area contributed by atoms with Crippen molar-refractivity contribution in [2.75, 3.05) is 11.9 Å². The highest BCUT2D eigenvalue weighted by molar-refractivity contribution is 6.34. The predicted octanol–water partition coefficient (Wildman–Crippen LogP) is 6.48. The van der Waals surface area contributed by atoms with Gasteiger partial charge < -0.3 is 25.4 Å². The topological polar surface area (TPSA) is 108 Å². The van der Waals surface area contributed by atoms with Crippen molar-refractivity contribution in [1.29, 1.82) is 0 Å². The van der Waals surface area contributed by atoms with E-state index in [0.29, 0.717) is 28.6 Å². The maximum atomic E-state index is 14.3. The predicted molar refractivity (Wildman–Crippen MR) is 164 cm³/mol. The molecule has 9 heteroatoms. The molecule has 3 unspecified atom stereocenters. The SMILES string of the molecule is Cc1cccc(Cl)c1NC(=O)C(c1c(C)cccc1C)N(C(=O)C(CO)NC(=O)OC(C)(C)C)C(C)CCC(C)C. The van der Waals surface area contributed by atoms with Gasteiger partial charge in [-0.2, -0.15) is 0 Å². The summed E-state index contributed by atoms with van der Waals surface area (Å²) in [7, 11) is 0. The number of aryl methyl sites for hydroxylation is 3. The molecular formula is C32H46ClN3O5. The van der Waals surface area contributed by atoms with Crippen LogP contribution in [0, 0.1) is 26.7 Å². The highest BCUT2D eigenvalue weighted by Crippen LogP contribution is 2.34. The molecule has 226 valence electrons. The molecule has 3 N–H and O–H groups in total. The van der Waals surface area contributed by atoms with Gasteiger partial charge in [0.25, 0.3) is 5.91 Å². The lowest BCUT2D eigenvalue weighted by Crippen LogP contribution is -2.56. The number of benzene rings is 2. The van der Waals surface area contributed by atoms with E-state index in [4.69, 9.17) is 16.3 Å².